The molecule has 5 nitrogen and oxygen atoms in total. The molecule has 136 valence electrons. The number of fused-ring (bicyclic) bond motifs is 1. The summed E-state index contributed by atoms with van der Waals surface area (Å²) >= 11 is 0. The highest BCUT2D eigenvalue weighted by Gasteiger charge is 2.13. The average Bonchev–Trinajstić information content (AvgIpc) is 3.31. The number of hydrogen-bond donors (Lipinski definition) is 0. The summed E-state index contributed by atoms with van der Waals surface area (Å²) in [7, 11) is 1.89. The van der Waals surface area contributed by atoms with Crippen molar-refractivity contribution < 1.29 is 9.21 Å². The van der Waals surface area contributed by atoms with Gasteiger partial charge in [0, 0.05) is 24.3 Å². The monoisotopic (exact) mass is 367 g/mol. The molecule has 28 heavy (non-hydrogen) atoms. The number of benzene rings is 2. The molecule has 0 aliphatic rings. The van der Waals surface area contributed by atoms with Crippen molar-refractivity contribution in [3.05, 3.63) is 77.8 Å². The van der Waals surface area contributed by atoms with Crippen LogP contribution in [0.4, 0.5) is 0 Å². The molecule has 4 rings (SSSR count). The van der Waals surface area contributed by atoms with Gasteiger partial charge in [-0.05, 0) is 31.2 Å². The molecule has 0 radical (unpaired) electrons. The third-order valence-corrected chi connectivity index (χ3v) is 4.64. The number of rotatable bonds is 4. The summed E-state index contributed by atoms with van der Waals surface area (Å²) in [5, 5.41) is 9.65. The zero-order valence-electron chi connectivity index (χ0n) is 15.5. The van der Waals surface area contributed by atoms with Crippen LogP contribution in [-0.4, -0.2) is 15.3 Å². The number of carbonyl (C=O) groups excluding carboxylic acids is 1. The minimum Gasteiger partial charge on any atom is -0.457 e. The number of allylic oxidation sites excluding steroid dienone is 1. The van der Waals surface area contributed by atoms with E-state index >= 15 is 0 Å². The van der Waals surface area contributed by atoms with Crippen LogP contribution in [-0.2, 0) is 7.05 Å². The van der Waals surface area contributed by atoms with Crippen LogP contribution in [0.5, 0.6) is 0 Å². The van der Waals surface area contributed by atoms with Gasteiger partial charge in [0.2, 0.25) is 0 Å². The van der Waals surface area contributed by atoms with Gasteiger partial charge in [-0.3, -0.25) is 4.79 Å². The quantitative estimate of drug-likeness (QED) is 0.372. The molecule has 0 saturated carbocycles. The Labute approximate surface area is 162 Å². The Morgan fingerprint density at radius 2 is 1.86 bits per heavy atom. The van der Waals surface area contributed by atoms with Crippen molar-refractivity contribution in [2.75, 3.05) is 0 Å². The standard InChI is InChI=1S/C23H17N3O2/c1-15(27)16-7-9-17(10-8-16)22-12-11-19(28-22)13-18(14-24)23-25-20-5-3-4-6-21(20)26(23)2/h3-13H,1-2H3/b18-13+. The first-order valence-corrected chi connectivity index (χ1v) is 8.81. The number of aryl methyl sites for hydroxylation is 1. The molecular formula is C23H17N3O2. The summed E-state index contributed by atoms with van der Waals surface area (Å²) in [6.07, 6.45) is 1.69. The molecule has 0 N–H and O–H groups in total. The normalized spacial score (nSPS) is 11.5. The smallest absolute Gasteiger partial charge is 0.159 e. The molecule has 0 amide bonds. The molecule has 4 aromatic rings. The Bertz CT molecular complexity index is 1250. The Morgan fingerprint density at radius 1 is 1.11 bits per heavy atom. The highest BCUT2D eigenvalue weighted by atomic mass is 16.3. The fourth-order valence-electron chi connectivity index (χ4n) is 3.13. The molecule has 0 unspecified atom stereocenters. The van der Waals surface area contributed by atoms with E-state index in [4.69, 9.17) is 4.42 Å². The molecule has 0 atom stereocenters. The SMILES string of the molecule is CC(=O)c1ccc(-c2ccc(/C=C(\C#N)c3nc4ccccc4n3C)o2)cc1. The van der Waals surface area contributed by atoms with Crippen LogP contribution in [0.1, 0.15) is 28.9 Å². The van der Waals surface area contributed by atoms with Crippen LogP contribution in [0.15, 0.2) is 65.1 Å². The number of nitrogens with zero attached hydrogens (tertiary/aromatic N) is 3. The molecule has 0 saturated heterocycles. The summed E-state index contributed by atoms with van der Waals surface area (Å²) < 4.78 is 7.79. The van der Waals surface area contributed by atoms with Gasteiger partial charge in [0.25, 0.3) is 0 Å². The van der Waals surface area contributed by atoms with Crippen LogP contribution >= 0.6 is 0 Å². The van der Waals surface area contributed by atoms with Gasteiger partial charge in [-0.15, -0.1) is 0 Å². The van der Waals surface area contributed by atoms with Gasteiger partial charge in [-0.25, -0.2) is 4.98 Å². The minimum atomic E-state index is 0.0238. The largest absolute Gasteiger partial charge is 0.457 e. The van der Waals surface area contributed by atoms with Crippen molar-refractivity contribution in [1.29, 1.82) is 5.26 Å². The first-order valence-electron chi connectivity index (χ1n) is 8.81. The highest BCUT2D eigenvalue weighted by Crippen LogP contribution is 2.26. The highest BCUT2D eigenvalue weighted by molar-refractivity contribution is 5.94. The summed E-state index contributed by atoms with van der Waals surface area (Å²) in [6.45, 7) is 1.54. The fraction of sp³-hybridized carbons (Fsp3) is 0.0870. The van der Waals surface area contributed by atoms with Crippen LogP contribution in [0, 0.1) is 11.3 Å². The lowest BCUT2D eigenvalue weighted by atomic mass is 10.1. The van der Waals surface area contributed by atoms with Crippen molar-refractivity contribution in [3.63, 3.8) is 0 Å². The van der Waals surface area contributed by atoms with Gasteiger partial charge in [0.1, 0.15) is 17.6 Å². The van der Waals surface area contributed by atoms with Gasteiger partial charge < -0.3 is 8.98 Å². The van der Waals surface area contributed by atoms with E-state index < -0.39 is 0 Å². The Balaban J connectivity index is 1.69. The van der Waals surface area contributed by atoms with Crippen LogP contribution in [0.3, 0.4) is 0 Å². The number of imidazole rings is 1. The van der Waals surface area contributed by atoms with E-state index in [1.165, 1.54) is 6.92 Å². The molecule has 0 aliphatic heterocycles. The predicted molar refractivity (Wildman–Crippen MR) is 108 cm³/mol. The van der Waals surface area contributed by atoms with Crippen LogP contribution < -0.4 is 0 Å². The van der Waals surface area contributed by atoms with E-state index in [2.05, 4.69) is 11.1 Å². The number of furan rings is 1. The number of carbonyl (C=O) groups is 1. The summed E-state index contributed by atoms with van der Waals surface area (Å²) in [5.41, 5.74) is 3.75. The molecule has 0 fully saturated rings. The molecule has 2 heterocycles. The third kappa shape index (κ3) is 3.12. The van der Waals surface area contributed by atoms with E-state index in [0.717, 1.165) is 16.6 Å². The third-order valence-electron chi connectivity index (χ3n) is 4.64. The van der Waals surface area contributed by atoms with Crippen molar-refractivity contribution in [1.82, 2.24) is 9.55 Å². The van der Waals surface area contributed by atoms with Crippen molar-refractivity contribution in [2.24, 2.45) is 7.05 Å². The fourth-order valence-corrected chi connectivity index (χ4v) is 3.13. The van der Waals surface area contributed by atoms with Gasteiger partial charge in [-0.2, -0.15) is 5.26 Å². The van der Waals surface area contributed by atoms with E-state index in [-0.39, 0.29) is 5.78 Å². The second-order valence-electron chi connectivity index (χ2n) is 6.49. The van der Waals surface area contributed by atoms with E-state index in [1.54, 1.807) is 18.2 Å². The van der Waals surface area contributed by atoms with E-state index in [9.17, 15) is 10.1 Å². The maximum absolute atomic E-state index is 11.4. The molecule has 0 bridgehead atoms. The first kappa shape index (κ1) is 17.5. The average molecular weight is 367 g/mol. The maximum atomic E-state index is 11.4. The molecule has 2 aromatic carbocycles. The van der Waals surface area contributed by atoms with Crippen molar-refractivity contribution in [2.45, 2.75) is 6.92 Å². The Morgan fingerprint density at radius 3 is 2.54 bits per heavy atom. The van der Waals surface area contributed by atoms with Crippen LogP contribution in [0.2, 0.25) is 0 Å². The Hall–Kier alpha value is -3.91. The first-order chi connectivity index (χ1) is 13.6. The van der Waals surface area contributed by atoms with Crippen LogP contribution in [0.25, 0.3) is 34.0 Å². The number of nitriles is 1. The lowest BCUT2D eigenvalue weighted by Crippen LogP contribution is -1.95. The molecule has 0 aliphatic carbocycles. The van der Waals surface area contributed by atoms with Gasteiger partial charge in [0.15, 0.2) is 11.6 Å². The second-order valence-corrected chi connectivity index (χ2v) is 6.49. The summed E-state index contributed by atoms with van der Waals surface area (Å²) in [5.74, 6) is 1.85. The minimum absolute atomic E-state index is 0.0238. The maximum Gasteiger partial charge on any atom is 0.159 e. The van der Waals surface area contributed by atoms with E-state index in [1.807, 2.05) is 60.1 Å². The van der Waals surface area contributed by atoms with Gasteiger partial charge in [0.05, 0.1) is 16.6 Å². The Kier molecular flexibility index (Phi) is 4.38. The molecular weight excluding hydrogens is 350 g/mol. The zero-order chi connectivity index (χ0) is 19.7. The molecule has 2 aromatic heterocycles. The molecule has 5 heteroatoms. The summed E-state index contributed by atoms with van der Waals surface area (Å²) in [4.78, 5) is 16.0. The predicted octanol–water partition coefficient (Wildman–Crippen LogP) is 5.10. The number of ketones is 1. The van der Waals surface area contributed by atoms with Gasteiger partial charge in [-0.1, -0.05) is 36.4 Å². The van der Waals surface area contributed by atoms with Crippen molar-refractivity contribution >= 4 is 28.5 Å². The number of Topliss-reactive ketones (excluding diaryl/α,β-unsaturated/α-hetero) is 1. The van der Waals surface area contributed by atoms with E-state index in [0.29, 0.717) is 28.5 Å². The number of aromatic nitrogens is 2. The number of hydrogen-bond acceptors (Lipinski definition) is 4. The lowest BCUT2D eigenvalue weighted by molar-refractivity contribution is 0.101. The number of para-hydroxylation sites is 2. The lowest BCUT2D eigenvalue weighted by Gasteiger charge is -2.00. The topological polar surface area (TPSA) is 71.8 Å². The summed E-state index contributed by atoms with van der Waals surface area (Å²) in [6, 6.07) is 20.9. The second kappa shape index (κ2) is 7.01. The van der Waals surface area contributed by atoms with Gasteiger partial charge >= 0.3 is 0 Å². The van der Waals surface area contributed by atoms with Crippen molar-refractivity contribution in [3.8, 4) is 17.4 Å². The zero-order valence-corrected chi connectivity index (χ0v) is 15.5. The molecule has 0 spiro atoms.